The molecule has 0 unspecified atom stereocenters. The predicted molar refractivity (Wildman–Crippen MR) is 107 cm³/mol. The van der Waals surface area contributed by atoms with Gasteiger partial charge in [0.1, 0.15) is 0 Å². The molecule has 0 aliphatic carbocycles. The molecule has 0 atom stereocenters. The van der Waals surface area contributed by atoms with Gasteiger partial charge in [-0.3, -0.25) is 0 Å². The van der Waals surface area contributed by atoms with Gasteiger partial charge in [0.25, 0.3) is 0 Å². The average Bonchev–Trinajstić information content (AvgIpc) is 3.28. The van der Waals surface area contributed by atoms with E-state index in [0.29, 0.717) is 6.54 Å². The molecular weight excluding hydrogens is 344 g/mol. The summed E-state index contributed by atoms with van der Waals surface area (Å²) in [5, 5.41) is 11.0. The van der Waals surface area contributed by atoms with E-state index in [1.165, 1.54) is 0 Å². The molecule has 1 N–H and O–H groups in total. The highest BCUT2D eigenvalue weighted by atomic mass is 32.1. The number of aromatic nitrogens is 3. The van der Waals surface area contributed by atoms with Crippen LogP contribution in [0.4, 0.5) is 0 Å². The molecule has 2 heterocycles. The summed E-state index contributed by atoms with van der Waals surface area (Å²) >= 11 is 1.67. The minimum atomic E-state index is 0.579. The van der Waals surface area contributed by atoms with Crippen molar-refractivity contribution in [2.45, 2.75) is 26.9 Å². The van der Waals surface area contributed by atoms with Gasteiger partial charge in [-0.05, 0) is 26.0 Å². The summed E-state index contributed by atoms with van der Waals surface area (Å²) in [4.78, 5) is 11.4. The molecule has 6 nitrogen and oxygen atoms in total. The Hall–Kier alpha value is -2.67. The molecule has 3 aromatic rings. The topological polar surface area (TPSA) is 58.3 Å². The maximum atomic E-state index is 4.75. The quantitative estimate of drug-likeness (QED) is 0.536. The van der Waals surface area contributed by atoms with Crippen molar-refractivity contribution in [3.63, 3.8) is 0 Å². The number of aliphatic imine (C=N–C) groups is 1. The number of rotatable bonds is 6. The lowest BCUT2D eigenvalue weighted by Gasteiger charge is -2.21. The van der Waals surface area contributed by atoms with Crippen molar-refractivity contribution in [3.05, 3.63) is 64.4 Å². The molecule has 0 fully saturated rings. The van der Waals surface area contributed by atoms with Gasteiger partial charge < -0.3 is 10.2 Å². The summed E-state index contributed by atoms with van der Waals surface area (Å²) in [6.45, 7) is 6.24. The highest BCUT2D eigenvalue weighted by Gasteiger charge is 2.09. The largest absolute Gasteiger partial charge is 0.357 e. The summed E-state index contributed by atoms with van der Waals surface area (Å²) < 4.78 is 1.87. The van der Waals surface area contributed by atoms with Gasteiger partial charge >= 0.3 is 0 Å². The van der Waals surface area contributed by atoms with Crippen LogP contribution in [0.1, 0.15) is 23.2 Å². The SMILES string of the molecule is CCNC(=NCc1cnn(-c2ccccc2)c1)N(C)Cc1csc(C)n1. The van der Waals surface area contributed by atoms with E-state index < -0.39 is 0 Å². The van der Waals surface area contributed by atoms with Crippen LogP contribution in [-0.2, 0) is 13.1 Å². The number of hydrogen-bond acceptors (Lipinski definition) is 4. The molecule has 0 bridgehead atoms. The van der Waals surface area contributed by atoms with Crippen LogP contribution in [0, 0.1) is 6.92 Å². The molecule has 7 heteroatoms. The van der Waals surface area contributed by atoms with Crippen molar-refractivity contribution in [1.29, 1.82) is 0 Å². The van der Waals surface area contributed by atoms with E-state index in [9.17, 15) is 0 Å². The van der Waals surface area contributed by atoms with Crippen LogP contribution in [0.25, 0.3) is 5.69 Å². The van der Waals surface area contributed by atoms with Crippen molar-refractivity contribution in [2.75, 3.05) is 13.6 Å². The Labute approximate surface area is 158 Å². The Kier molecular flexibility index (Phi) is 6.01. The van der Waals surface area contributed by atoms with Crippen molar-refractivity contribution in [3.8, 4) is 5.69 Å². The second kappa shape index (κ2) is 8.62. The van der Waals surface area contributed by atoms with Gasteiger partial charge in [0, 0.05) is 30.7 Å². The normalized spacial score (nSPS) is 11.6. The first kappa shape index (κ1) is 18.1. The third-order valence-corrected chi connectivity index (χ3v) is 4.65. The van der Waals surface area contributed by atoms with Crippen molar-refractivity contribution in [2.24, 2.45) is 4.99 Å². The van der Waals surface area contributed by atoms with Crippen LogP contribution in [0.5, 0.6) is 0 Å². The monoisotopic (exact) mass is 368 g/mol. The van der Waals surface area contributed by atoms with Crippen molar-refractivity contribution >= 4 is 17.3 Å². The molecular formula is C19H24N6S. The van der Waals surface area contributed by atoms with Gasteiger partial charge in [-0.15, -0.1) is 11.3 Å². The lowest BCUT2D eigenvalue weighted by Crippen LogP contribution is -2.38. The molecule has 1 aromatic carbocycles. The standard InChI is InChI=1S/C19H24N6S/c1-4-20-19(24(3)13-17-14-26-15(2)23-17)21-10-16-11-22-25(12-16)18-8-6-5-7-9-18/h5-9,11-12,14H,4,10,13H2,1-3H3,(H,20,21). The lowest BCUT2D eigenvalue weighted by molar-refractivity contribution is 0.471. The van der Waals surface area contributed by atoms with E-state index in [2.05, 4.69) is 32.6 Å². The van der Waals surface area contributed by atoms with Gasteiger partial charge in [0.15, 0.2) is 5.96 Å². The Bertz CT molecular complexity index is 852. The van der Waals surface area contributed by atoms with E-state index in [0.717, 1.165) is 41.0 Å². The maximum absolute atomic E-state index is 4.75. The molecule has 0 saturated carbocycles. The number of aryl methyl sites for hydroxylation is 1. The Morgan fingerprint density at radius 1 is 1.31 bits per heavy atom. The lowest BCUT2D eigenvalue weighted by atomic mass is 10.3. The van der Waals surface area contributed by atoms with E-state index in [1.54, 1.807) is 11.3 Å². The molecule has 0 spiro atoms. The molecule has 0 aliphatic rings. The average molecular weight is 369 g/mol. The van der Waals surface area contributed by atoms with Crippen LogP contribution in [0.2, 0.25) is 0 Å². The summed E-state index contributed by atoms with van der Waals surface area (Å²) in [5.74, 6) is 0.866. The van der Waals surface area contributed by atoms with Crippen LogP contribution in [0.3, 0.4) is 0 Å². The molecule has 0 saturated heterocycles. The molecule has 0 amide bonds. The summed E-state index contributed by atoms with van der Waals surface area (Å²) in [7, 11) is 2.03. The fourth-order valence-electron chi connectivity index (χ4n) is 2.60. The zero-order valence-corrected chi connectivity index (χ0v) is 16.2. The second-order valence-corrected chi connectivity index (χ2v) is 7.08. The number of benzene rings is 1. The minimum Gasteiger partial charge on any atom is -0.357 e. The Balaban J connectivity index is 1.68. The fraction of sp³-hybridized carbons (Fsp3) is 0.316. The third kappa shape index (κ3) is 4.70. The molecule has 26 heavy (non-hydrogen) atoms. The third-order valence-electron chi connectivity index (χ3n) is 3.83. The molecule has 3 rings (SSSR count). The first-order valence-electron chi connectivity index (χ1n) is 8.65. The first-order chi connectivity index (χ1) is 12.7. The van der Waals surface area contributed by atoms with E-state index in [-0.39, 0.29) is 0 Å². The molecule has 0 aliphatic heterocycles. The Morgan fingerprint density at radius 3 is 2.81 bits per heavy atom. The number of nitrogens with one attached hydrogen (secondary N) is 1. The van der Waals surface area contributed by atoms with E-state index in [1.807, 2.05) is 61.4 Å². The van der Waals surface area contributed by atoms with Crippen LogP contribution >= 0.6 is 11.3 Å². The van der Waals surface area contributed by atoms with Crippen molar-refractivity contribution < 1.29 is 0 Å². The molecule has 2 aromatic heterocycles. The van der Waals surface area contributed by atoms with Gasteiger partial charge in [-0.2, -0.15) is 5.10 Å². The Morgan fingerprint density at radius 2 is 2.12 bits per heavy atom. The van der Waals surface area contributed by atoms with Crippen LogP contribution in [0.15, 0.2) is 53.1 Å². The fourth-order valence-corrected chi connectivity index (χ4v) is 3.20. The first-order valence-corrected chi connectivity index (χ1v) is 9.53. The van der Waals surface area contributed by atoms with E-state index >= 15 is 0 Å². The van der Waals surface area contributed by atoms with Crippen LogP contribution < -0.4 is 5.32 Å². The second-order valence-electron chi connectivity index (χ2n) is 6.01. The zero-order chi connectivity index (χ0) is 18.4. The summed E-state index contributed by atoms with van der Waals surface area (Å²) in [6.07, 6.45) is 3.88. The van der Waals surface area contributed by atoms with Gasteiger partial charge in [-0.25, -0.2) is 14.7 Å². The highest BCUT2D eigenvalue weighted by molar-refractivity contribution is 7.09. The highest BCUT2D eigenvalue weighted by Crippen LogP contribution is 2.11. The number of para-hydroxylation sites is 1. The predicted octanol–water partition coefficient (Wildman–Crippen LogP) is 3.23. The van der Waals surface area contributed by atoms with Gasteiger partial charge in [0.05, 0.1) is 35.7 Å². The zero-order valence-electron chi connectivity index (χ0n) is 15.4. The number of hydrogen-bond donors (Lipinski definition) is 1. The minimum absolute atomic E-state index is 0.579. The van der Waals surface area contributed by atoms with Gasteiger partial charge in [0.2, 0.25) is 0 Å². The van der Waals surface area contributed by atoms with Gasteiger partial charge in [-0.1, -0.05) is 18.2 Å². The van der Waals surface area contributed by atoms with Crippen molar-refractivity contribution in [1.82, 2.24) is 25.0 Å². The van der Waals surface area contributed by atoms with E-state index in [4.69, 9.17) is 4.99 Å². The number of thiazole rings is 1. The smallest absolute Gasteiger partial charge is 0.194 e. The van der Waals surface area contributed by atoms with Crippen LogP contribution in [-0.4, -0.2) is 39.2 Å². The maximum Gasteiger partial charge on any atom is 0.194 e. The number of guanidine groups is 1. The summed E-state index contributed by atoms with van der Waals surface area (Å²) in [6, 6.07) is 10.1. The number of nitrogens with zero attached hydrogens (tertiary/aromatic N) is 5. The molecule has 136 valence electrons. The molecule has 0 radical (unpaired) electrons. The summed E-state index contributed by atoms with van der Waals surface area (Å²) in [5.41, 5.74) is 3.19.